The molecule has 214 valence electrons. The highest BCUT2D eigenvalue weighted by atomic mass is 16.7. The number of hydrogen-bond acceptors (Lipinski definition) is 9. The Balaban J connectivity index is 1.52. The first-order valence-corrected chi connectivity index (χ1v) is 14.0. The maximum Gasteiger partial charge on any atom is 0.348 e. The van der Waals surface area contributed by atoms with E-state index in [1.807, 2.05) is 6.92 Å². The van der Waals surface area contributed by atoms with E-state index in [1.54, 1.807) is 19.9 Å². The quantitative estimate of drug-likeness (QED) is 0.251. The minimum Gasteiger partial charge on any atom is -0.459 e. The Kier molecular flexibility index (Phi) is 6.98. The number of carbonyl (C=O) groups excluding carboxylic acids is 3. The van der Waals surface area contributed by atoms with E-state index in [4.69, 9.17) is 14.2 Å². The highest BCUT2D eigenvalue weighted by molar-refractivity contribution is 5.96. The zero-order chi connectivity index (χ0) is 28.5. The van der Waals surface area contributed by atoms with Crippen LogP contribution in [0.3, 0.4) is 0 Å². The van der Waals surface area contributed by atoms with Gasteiger partial charge in [-0.3, -0.25) is 9.59 Å². The number of hydrogen-bond donors (Lipinski definition) is 3. The fourth-order valence-corrected chi connectivity index (χ4v) is 8.50. The molecule has 2 bridgehead atoms. The molecule has 3 N–H and O–H groups in total. The van der Waals surface area contributed by atoms with Gasteiger partial charge in [-0.05, 0) is 50.7 Å². The minimum atomic E-state index is -2.17. The average molecular weight is 545 g/mol. The van der Waals surface area contributed by atoms with E-state index in [1.165, 1.54) is 6.08 Å². The normalized spacial score (nSPS) is 44.8. The molecule has 3 aliphatic carbocycles. The van der Waals surface area contributed by atoms with E-state index in [0.29, 0.717) is 5.57 Å². The van der Waals surface area contributed by atoms with Gasteiger partial charge in [0, 0.05) is 17.3 Å². The zero-order valence-corrected chi connectivity index (χ0v) is 23.1. The van der Waals surface area contributed by atoms with Gasteiger partial charge >= 0.3 is 11.9 Å². The van der Waals surface area contributed by atoms with Gasteiger partial charge in [0.25, 0.3) is 0 Å². The first kappa shape index (κ1) is 28.2. The van der Waals surface area contributed by atoms with E-state index in [9.17, 15) is 29.7 Å². The molecule has 39 heavy (non-hydrogen) atoms. The summed E-state index contributed by atoms with van der Waals surface area (Å²) < 4.78 is 17.6. The zero-order valence-electron chi connectivity index (χ0n) is 23.1. The molecule has 10 atom stereocenters. The van der Waals surface area contributed by atoms with Crippen LogP contribution in [0.1, 0.15) is 66.2 Å². The van der Waals surface area contributed by atoms with Gasteiger partial charge < -0.3 is 29.5 Å². The fraction of sp³-hybridized carbons (Fsp3) is 0.700. The molecule has 0 aromatic heterocycles. The fourth-order valence-electron chi connectivity index (χ4n) is 8.50. The van der Waals surface area contributed by atoms with E-state index in [2.05, 4.69) is 13.5 Å². The summed E-state index contributed by atoms with van der Waals surface area (Å²) in [6.07, 6.45) is 2.25. The molecular formula is C30H40O9. The van der Waals surface area contributed by atoms with Gasteiger partial charge in [0.2, 0.25) is 6.10 Å². The number of carbonyl (C=O) groups is 3. The lowest BCUT2D eigenvalue weighted by Crippen LogP contribution is -2.76. The summed E-state index contributed by atoms with van der Waals surface area (Å²) >= 11 is 0. The first-order valence-electron chi connectivity index (χ1n) is 14.0. The van der Waals surface area contributed by atoms with E-state index >= 15 is 0 Å². The van der Waals surface area contributed by atoms with Crippen molar-refractivity contribution < 1.29 is 43.9 Å². The molecule has 2 saturated heterocycles. The molecule has 0 aromatic carbocycles. The molecule has 5 rings (SSSR count). The molecule has 0 radical (unpaired) electrons. The van der Waals surface area contributed by atoms with Crippen molar-refractivity contribution in [3.8, 4) is 0 Å². The molecule has 9 nitrogen and oxygen atoms in total. The largest absolute Gasteiger partial charge is 0.459 e. The van der Waals surface area contributed by atoms with Crippen LogP contribution in [0.5, 0.6) is 0 Å². The lowest BCUT2D eigenvalue weighted by atomic mass is 9.38. The highest BCUT2D eigenvalue weighted by Gasteiger charge is 2.83. The number of aliphatic hydroxyl groups is 3. The second kappa shape index (κ2) is 9.65. The third-order valence-corrected chi connectivity index (χ3v) is 10.3. The summed E-state index contributed by atoms with van der Waals surface area (Å²) in [7, 11) is 0. The molecule has 5 aliphatic rings. The van der Waals surface area contributed by atoms with Crippen molar-refractivity contribution in [2.75, 3.05) is 6.61 Å². The van der Waals surface area contributed by atoms with Crippen LogP contribution in [0.15, 0.2) is 35.5 Å². The number of fused-ring (bicyclic) bond motifs is 1. The third kappa shape index (κ3) is 3.84. The molecule has 9 heteroatoms. The van der Waals surface area contributed by atoms with Crippen LogP contribution in [-0.2, 0) is 28.6 Å². The Labute approximate surface area is 228 Å². The van der Waals surface area contributed by atoms with Gasteiger partial charge in [-0.25, -0.2) is 4.79 Å². The Morgan fingerprint density at radius 1 is 1.26 bits per heavy atom. The molecule has 2 saturated carbocycles. The second-order valence-electron chi connectivity index (χ2n) is 12.4. The van der Waals surface area contributed by atoms with Crippen LogP contribution >= 0.6 is 0 Å². The molecule has 2 heterocycles. The van der Waals surface area contributed by atoms with Crippen LogP contribution in [-0.4, -0.2) is 69.9 Å². The van der Waals surface area contributed by atoms with Crippen LogP contribution in [0.25, 0.3) is 0 Å². The monoisotopic (exact) mass is 544 g/mol. The highest BCUT2D eigenvalue weighted by Crippen LogP contribution is 2.73. The summed E-state index contributed by atoms with van der Waals surface area (Å²) in [6.45, 7) is 11.5. The summed E-state index contributed by atoms with van der Waals surface area (Å²) in [4.78, 5) is 39.2. The number of allylic oxidation sites excluding steroid dienone is 2. The van der Waals surface area contributed by atoms with Crippen molar-refractivity contribution in [3.05, 3.63) is 35.5 Å². The number of aliphatic hydroxyl groups excluding tert-OH is 2. The average Bonchev–Trinajstić information content (AvgIpc) is 3.17. The van der Waals surface area contributed by atoms with E-state index in [0.717, 1.165) is 31.3 Å². The van der Waals surface area contributed by atoms with Crippen molar-refractivity contribution >= 4 is 17.7 Å². The smallest absolute Gasteiger partial charge is 0.348 e. The molecule has 0 amide bonds. The van der Waals surface area contributed by atoms with E-state index < -0.39 is 76.5 Å². The lowest BCUT2D eigenvalue weighted by molar-refractivity contribution is -0.311. The molecular weight excluding hydrogens is 504 g/mol. The Morgan fingerprint density at radius 3 is 2.67 bits per heavy atom. The van der Waals surface area contributed by atoms with Crippen molar-refractivity contribution in [1.29, 1.82) is 0 Å². The van der Waals surface area contributed by atoms with Crippen molar-refractivity contribution in [2.24, 2.45) is 28.6 Å². The summed E-state index contributed by atoms with van der Waals surface area (Å²) in [5.41, 5.74) is -0.536. The molecule has 4 fully saturated rings. The van der Waals surface area contributed by atoms with E-state index in [-0.39, 0.29) is 25.0 Å². The number of ether oxygens (including phenoxy) is 3. The van der Waals surface area contributed by atoms with Crippen LogP contribution < -0.4 is 0 Å². The molecule has 0 aromatic rings. The van der Waals surface area contributed by atoms with Crippen LogP contribution in [0, 0.1) is 28.6 Å². The first-order chi connectivity index (χ1) is 18.3. The number of rotatable bonds is 7. The van der Waals surface area contributed by atoms with Gasteiger partial charge in [0.1, 0.15) is 18.3 Å². The van der Waals surface area contributed by atoms with Crippen LogP contribution in [0.2, 0.25) is 0 Å². The number of esters is 2. The van der Waals surface area contributed by atoms with Gasteiger partial charge in [-0.2, -0.15) is 0 Å². The molecule has 1 spiro atoms. The summed E-state index contributed by atoms with van der Waals surface area (Å²) in [5, 5.41) is 34.5. The minimum absolute atomic E-state index is 0.0270. The Bertz CT molecular complexity index is 1160. The maximum absolute atomic E-state index is 13.4. The van der Waals surface area contributed by atoms with Crippen molar-refractivity contribution in [2.45, 2.75) is 96.4 Å². The maximum atomic E-state index is 13.4. The summed E-state index contributed by atoms with van der Waals surface area (Å²) in [5.74, 6) is -6.39. The van der Waals surface area contributed by atoms with Gasteiger partial charge in [0.15, 0.2) is 11.6 Å². The Morgan fingerprint density at radius 2 is 1.97 bits per heavy atom. The molecule has 0 unspecified atom stereocenters. The predicted octanol–water partition coefficient (Wildman–Crippen LogP) is 2.52. The van der Waals surface area contributed by atoms with Gasteiger partial charge in [-0.1, -0.05) is 50.5 Å². The number of ketones is 1. The van der Waals surface area contributed by atoms with Gasteiger partial charge in [-0.15, -0.1) is 0 Å². The van der Waals surface area contributed by atoms with Crippen LogP contribution in [0.4, 0.5) is 0 Å². The van der Waals surface area contributed by atoms with Gasteiger partial charge in [0.05, 0.1) is 18.4 Å². The van der Waals surface area contributed by atoms with Crippen molar-refractivity contribution in [1.82, 2.24) is 0 Å². The van der Waals surface area contributed by atoms with Crippen molar-refractivity contribution in [3.63, 3.8) is 0 Å². The second-order valence-corrected chi connectivity index (χ2v) is 12.4. The SMILES string of the molecule is C=C1[C@H](O)[C@@]2(O)OC[C@@]34[C@@H](C[C@H]5C(C)=CC(=O)[C@@H](O)[C@]5(C)[C@H]23)OC(=O)[C@@H](OC(=O)C/C=C(\C)CCCCC)[C@H]14. The third-order valence-electron chi connectivity index (χ3n) is 10.3. The standard InChI is InChI=1S/C30H40O9/c1-6-7-8-9-15(2)10-11-21(32)39-23-22-17(4)24(33)30(36)27-28(5)18(16(3)12-19(31)25(28)34)13-20(38-26(23)35)29(22,27)14-37-30/h10,12,18,20,22-25,27,33-34,36H,4,6-9,11,13-14H2,1-3,5H3/b15-10+/t18-,20+,22-,23-,24-,25+,27-,28+,29-,30+/m0/s1. The predicted molar refractivity (Wildman–Crippen MR) is 139 cm³/mol. The summed E-state index contributed by atoms with van der Waals surface area (Å²) in [6, 6.07) is 0. The topological polar surface area (TPSA) is 140 Å². The Hall–Kier alpha value is -2.33. The number of unbranched alkanes of at least 4 members (excludes halogenated alkanes) is 2. The molecule has 2 aliphatic heterocycles. The lowest BCUT2D eigenvalue weighted by Gasteiger charge is -2.67.